The van der Waals surface area contributed by atoms with Crippen LogP contribution in [-0.4, -0.2) is 17.9 Å². The molecule has 2 fully saturated rings. The van der Waals surface area contributed by atoms with E-state index < -0.39 is 29.8 Å². The van der Waals surface area contributed by atoms with Crippen LogP contribution in [0.3, 0.4) is 0 Å². The zero-order valence-corrected chi connectivity index (χ0v) is 16.2. The maximum absolute atomic E-state index is 13.4. The first kappa shape index (κ1) is 18.5. The molecule has 2 heterocycles. The Labute approximate surface area is 173 Å². The number of nitrogens with zero attached hydrogens (tertiary/aromatic N) is 2. The van der Waals surface area contributed by atoms with Crippen molar-refractivity contribution in [3.8, 4) is 0 Å². The smallest absolute Gasteiger partial charge is 0.266 e. The fourth-order valence-electron chi connectivity index (χ4n) is 4.16. The Morgan fingerprint density at radius 3 is 2.13 bits per heavy atom. The van der Waals surface area contributed by atoms with E-state index in [0.717, 1.165) is 21.7 Å². The number of carbonyl (C=O) groups is 2. The van der Waals surface area contributed by atoms with Gasteiger partial charge in [0.15, 0.2) is 6.10 Å². The predicted octanol–water partition coefficient (Wildman–Crippen LogP) is 4.19. The van der Waals surface area contributed by atoms with Gasteiger partial charge in [-0.15, -0.1) is 0 Å². The molecule has 0 aliphatic carbocycles. The molecule has 2 aliphatic rings. The third kappa shape index (κ3) is 2.88. The molecule has 3 atom stereocenters. The number of hydrogen-bond donors (Lipinski definition) is 0. The summed E-state index contributed by atoms with van der Waals surface area (Å²) in [5, 5.41) is 1.66. The van der Waals surface area contributed by atoms with Crippen molar-refractivity contribution in [2.75, 3.05) is 9.96 Å². The molecule has 0 saturated carbocycles. The summed E-state index contributed by atoms with van der Waals surface area (Å²) >= 11 is 0. The Balaban J connectivity index is 1.58. The average Bonchev–Trinajstić information content (AvgIpc) is 3.27. The summed E-state index contributed by atoms with van der Waals surface area (Å²) in [5.41, 5.74) is 3.10. The van der Waals surface area contributed by atoms with Crippen molar-refractivity contribution in [2.45, 2.75) is 19.1 Å². The molecule has 0 spiro atoms. The van der Waals surface area contributed by atoms with Gasteiger partial charge in [0.25, 0.3) is 5.91 Å². The Morgan fingerprint density at radius 2 is 1.47 bits per heavy atom. The molecule has 150 valence electrons. The molecular weight excluding hydrogens is 383 g/mol. The average molecular weight is 402 g/mol. The quantitative estimate of drug-likeness (QED) is 0.617. The lowest BCUT2D eigenvalue weighted by molar-refractivity contribution is -0.126. The van der Waals surface area contributed by atoms with Crippen molar-refractivity contribution in [3.63, 3.8) is 0 Å². The van der Waals surface area contributed by atoms with Crippen molar-refractivity contribution in [3.05, 3.63) is 95.8 Å². The Hall–Kier alpha value is -3.51. The normalized spacial score (nSPS) is 23.2. The molecule has 6 heteroatoms. The zero-order valence-electron chi connectivity index (χ0n) is 16.2. The largest absolute Gasteiger partial charge is 0.273 e. The van der Waals surface area contributed by atoms with Crippen LogP contribution in [0.15, 0.2) is 78.9 Å². The number of rotatable bonds is 3. The Kier molecular flexibility index (Phi) is 4.37. The second kappa shape index (κ2) is 7.07. The molecule has 2 amide bonds. The summed E-state index contributed by atoms with van der Waals surface area (Å²) < 4.78 is 13.3. The van der Waals surface area contributed by atoms with E-state index in [2.05, 4.69) is 0 Å². The van der Waals surface area contributed by atoms with Crippen molar-refractivity contribution < 1.29 is 18.8 Å². The van der Waals surface area contributed by atoms with E-state index in [1.807, 2.05) is 61.5 Å². The number of benzene rings is 3. The molecule has 5 rings (SSSR count). The summed E-state index contributed by atoms with van der Waals surface area (Å²) in [5.74, 6) is -1.92. The summed E-state index contributed by atoms with van der Waals surface area (Å²) in [7, 11) is 0. The van der Waals surface area contributed by atoms with Gasteiger partial charge in [0.05, 0.1) is 17.4 Å². The van der Waals surface area contributed by atoms with Gasteiger partial charge in [0, 0.05) is 0 Å². The van der Waals surface area contributed by atoms with Gasteiger partial charge in [-0.05, 0) is 48.9 Å². The highest BCUT2D eigenvalue weighted by atomic mass is 19.1. The summed E-state index contributed by atoms with van der Waals surface area (Å²) in [6.45, 7) is 1.99. The second-order valence-electron chi connectivity index (χ2n) is 7.56. The lowest BCUT2D eigenvalue weighted by Gasteiger charge is -2.28. The number of fused-ring (bicyclic) bond motifs is 1. The second-order valence-corrected chi connectivity index (χ2v) is 7.56. The van der Waals surface area contributed by atoms with E-state index in [1.54, 1.807) is 5.06 Å². The summed E-state index contributed by atoms with van der Waals surface area (Å²) in [6.07, 6.45) is -0.936. The van der Waals surface area contributed by atoms with Gasteiger partial charge in [-0.25, -0.2) is 14.4 Å². The molecule has 2 aliphatic heterocycles. The van der Waals surface area contributed by atoms with E-state index in [4.69, 9.17) is 4.84 Å². The molecule has 0 unspecified atom stereocenters. The highest BCUT2D eigenvalue weighted by molar-refractivity contribution is 6.23. The molecule has 30 heavy (non-hydrogen) atoms. The lowest BCUT2D eigenvalue weighted by Crippen LogP contribution is -2.37. The first-order valence-corrected chi connectivity index (χ1v) is 9.75. The highest BCUT2D eigenvalue weighted by Gasteiger charge is 2.60. The first-order chi connectivity index (χ1) is 14.5. The van der Waals surface area contributed by atoms with Gasteiger partial charge in [0.1, 0.15) is 11.7 Å². The van der Waals surface area contributed by atoms with E-state index in [9.17, 15) is 14.0 Å². The number of anilines is 2. The van der Waals surface area contributed by atoms with Crippen LogP contribution in [-0.2, 0) is 14.4 Å². The minimum atomic E-state index is -0.936. The van der Waals surface area contributed by atoms with Gasteiger partial charge < -0.3 is 0 Å². The first-order valence-electron chi connectivity index (χ1n) is 9.75. The van der Waals surface area contributed by atoms with Crippen LogP contribution in [0.5, 0.6) is 0 Å². The monoisotopic (exact) mass is 402 g/mol. The van der Waals surface area contributed by atoms with E-state index in [-0.39, 0.29) is 5.91 Å². The van der Waals surface area contributed by atoms with E-state index in [0.29, 0.717) is 5.69 Å². The standard InChI is InChI=1S/C24H19FN2O3/c1-15-7-9-16(10-8-15)21-20-22(30-27(21)19-5-3-2-4-6-19)24(29)26(23(20)28)18-13-11-17(25)12-14-18/h2-14,20-22H,1H3/t20-,21-,22-/m0/s1. The number of para-hydroxylation sites is 1. The van der Waals surface area contributed by atoms with Crippen molar-refractivity contribution in [1.82, 2.24) is 0 Å². The van der Waals surface area contributed by atoms with Crippen LogP contribution in [0.25, 0.3) is 0 Å². The molecule has 3 aromatic carbocycles. The lowest BCUT2D eigenvalue weighted by atomic mass is 9.90. The number of aryl methyl sites for hydroxylation is 1. The molecule has 5 nitrogen and oxygen atoms in total. The molecule has 0 N–H and O–H groups in total. The zero-order chi connectivity index (χ0) is 20.8. The Morgan fingerprint density at radius 1 is 0.800 bits per heavy atom. The fraction of sp³-hybridized carbons (Fsp3) is 0.167. The van der Waals surface area contributed by atoms with Crippen LogP contribution in [0, 0.1) is 18.7 Å². The minimum Gasteiger partial charge on any atom is -0.273 e. The maximum atomic E-state index is 13.4. The molecule has 0 radical (unpaired) electrons. The molecule has 0 bridgehead atoms. The van der Waals surface area contributed by atoms with Gasteiger partial charge in [-0.2, -0.15) is 0 Å². The SMILES string of the molecule is Cc1ccc([C@H]2[C@@H]3C(=O)N(c4ccc(F)cc4)C(=O)[C@H]3ON2c2ccccc2)cc1. The molecule has 3 aromatic rings. The van der Waals surface area contributed by atoms with Crippen molar-refractivity contribution in [1.29, 1.82) is 0 Å². The highest BCUT2D eigenvalue weighted by Crippen LogP contribution is 2.47. The third-order valence-corrected chi connectivity index (χ3v) is 5.63. The van der Waals surface area contributed by atoms with Crippen LogP contribution in [0.4, 0.5) is 15.8 Å². The number of hydroxylamine groups is 1. The van der Waals surface area contributed by atoms with Crippen LogP contribution in [0.2, 0.25) is 0 Å². The van der Waals surface area contributed by atoms with E-state index >= 15 is 0 Å². The van der Waals surface area contributed by atoms with Gasteiger partial charge in [-0.3, -0.25) is 14.4 Å². The molecule has 0 aromatic heterocycles. The van der Waals surface area contributed by atoms with Gasteiger partial charge in [0.2, 0.25) is 5.91 Å². The summed E-state index contributed by atoms with van der Waals surface area (Å²) in [6, 6.07) is 22.2. The summed E-state index contributed by atoms with van der Waals surface area (Å²) in [4.78, 5) is 33.7. The van der Waals surface area contributed by atoms with Crippen LogP contribution < -0.4 is 9.96 Å². The number of amides is 2. The van der Waals surface area contributed by atoms with E-state index in [1.165, 1.54) is 24.3 Å². The Bertz CT molecular complexity index is 1100. The van der Waals surface area contributed by atoms with Crippen LogP contribution >= 0.6 is 0 Å². The number of carbonyl (C=O) groups excluding carboxylic acids is 2. The third-order valence-electron chi connectivity index (χ3n) is 5.63. The van der Waals surface area contributed by atoms with Gasteiger partial charge >= 0.3 is 0 Å². The predicted molar refractivity (Wildman–Crippen MR) is 110 cm³/mol. The number of imide groups is 1. The van der Waals surface area contributed by atoms with Gasteiger partial charge in [-0.1, -0.05) is 48.0 Å². The molecular formula is C24H19FN2O3. The minimum absolute atomic E-state index is 0.346. The van der Waals surface area contributed by atoms with Crippen molar-refractivity contribution >= 4 is 23.2 Å². The van der Waals surface area contributed by atoms with Crippen LogP contribution in [0.1, 0.15) is 17.2 Å². The maximum Gasteiger partial charge on any atom is 0.266 e. The topological polar surface area (TPSA) is 49.9 Å². The van der Waals surface area contributed by atoms with Crippen molar-refractivity contribution in [2.24, 2.45) is 5.92 Å². The molecule has 2 saturated heterocycles. The number of halogens is 1. The fourth-order valence-corrected chi connectivity index (χ4v) is 4.16. The number of hydrogen-bond acceptors (Lipinski definition) is 4.